The molecule has 0 saturated carbocycles. The van der Waals surface area contributed by atoms with Crippen molar-refractivity contribution in [1.82, 2.24) is 5.32 Å². The summed E-state index contributed by atoms with van der Waals surface area (Å²) in [6.45, 7) is 0.662. The normalized spacial score (nSPS) is 18.2. The standard InChI is InChI=1S/C11H12ClNO2.ClH/c1-15-11(14)10-5-8-7(6-13-10)3-2-4-9(8)12;/h2-4,10,13H,5-6H2,1H3;1H/t10-;/m1./s1. The minimum Gasteiger partial charge on any atom is -0.468 e. The van der Waals surface area contributed by atoms with Gasteiger partial charge in [0, 0.05) is 18.0 Å². The van der Waals surface area contributed by atoms with Gasteiger partial charge in [-0.25, -0.2) is 0 Å². The molecule has 1 N–H and O–H groups in total. The molecule has 0 radical (unpaired) electrons. The van der Waals surface area contributed by atoms with Crippen LogP contribution in [0.4, 0.5) is 0 Å². The Hall–Kier alpha value is -0.770. The Bertz CT molecular complexity index is 396. The highest BCUT2D eigenvalue weighted by molar-refractivity contribution is 6.31. The summed E-state index contributed by atoms with van der Waals surface area (Å²) in [7, 11) is 1.39. The number of esters is 1. The predicted molar refractivity (Wildman–Crippen MR) is 65.0 cm³/mol. The number of hydrogen-bond donors (Lipinski definition) is 1. The molecule has 0 aromatic heterocycles. The molecule has 3 nitrogen and oxygen atoms in total. The van der Waals surface area contributed by atoms with Gasteiger partial charge in [0.15, 0.2) is 0 Å². The van der Waals surface area contributed by atoms with E-state index < -0.39 is 0 Å². The number of benzene rings is 1. The molecule has 2 rings (SSSR count). The van der Waals surface area contributed by atoms with Crippen LogP contribution in [-0.2, 0) is 22.5 Å². The number of carbonyl (C=O) groups is 1. The lowest BCUT2D eigenvalue weighted by Crippen LogP contribution is -2.42. The summed E-state index contributed by atoms with van der Waals surface area (Å²) >= 11 is 6.08. The van der Waals surface area contributed by atoms with E-state index in [9.17, 15) is 4.79 Å². The number of fused-ring (bicyclic) bond motifs is 1. The second kappa shape index (κ2) is 5.53. The second-order valence-electron chi connectivity index (χ2n) is 3.54. The number of halogens is 2. The third-order valence-corrected chi connectivity index (χ3v) is 3.00. The summed E-state index contributed by atoms with van der Waals surface area (Å²) in [5.41, 5.74) is 2.20. The summed E-state index contributed by atoms with van der Waals surface area (Å²) < 4.78 is 4.70. The van der Waals surface area contributed by atoms with E-state index in [2.05, 4.69) is 5.32 Å². The number of nitrogens with one attached hydrogen (secondary N) is 1. The summed E-state index contributed by atoms with van der Waals surface area (Å²) in [4.78, 5) is 11.4. The van der Waals surface area contributed by atoms with Crippen LogP contribution in [0.3, 0.4) is 0 Å². The molecule has 1 heterocycles. The van der Waals surface area contributed by atoms with E-state index in [1.807, 2.05) is 18.2 Å². The molecule has 0 aliphatic carbocycles. The fraction of sp³-hybridized carbons (Fsp3) is 0.364. The lowest BCUT2D eigenvalue weighted by molar-refractivity contribution is -0.143. The lowest BCUT2D eigenvalue weighted by atomic mass is 9.96. The Morgan fingerprint density at radius 1 is 1.56 bits per heavy atom. The van der Waals surface area contributed by atoms with Crippen molar-refractivity contribution in [3.63, 3.8) is 0 Å². The molecule has 0 unspecified atom stereocenters. The highest BCUT2D eigenvalue weighted by Crippen LogP contribution is 2.24. The number of hydrogen-bond acceptors (Lipinski definition) is 3. The fourth-order valence-electron chi connectivity index (χ4n) is 1.82. The van der Waals surface area contributed by atoms with Gasteiger partial charge in [0.05, 0.1) is 7.11 Å². The van der Waals surface area contributed by atoms with Gasteiger partial charge in [-0.05, 0) is 17.2 Å². The van der Waals surface area contributed by atoms with Crippen LogP contribution in [-0.4, -0.2) is 19.1 Å². The molecule has 1 atom stereocenters. The van der Waals surface area contributed by atoms with E-state index in [1.54, 1.807) is 0 Å². The van der Waals surface area contributed by atoms with Crippen molar-refractivity contribution in [2.75, 3.05) is 7.11 Å². The van der Waals surface area contributed by atoms with Crippen molar-refractivity contribution in [3.8, 4) is 0 Å². The zero-order valence-electron chi connectivity index (χ0n) is 8.83. The molecule has 0 bridgehead atoms. The molecule has 0 fully saturated rings. The minimum absolute atomic E-state index is 0. The van der Waals surface area contributed by atoms with Gasteiger partial charge in [-0.3, -0.25) is 4.79 Å². The first kappa shape index (κ1) is 13.3. The van der Waals surface area contributed by atoms with Crippen LogP contribution < -0.4 is 5.32 Å². The molecular weight excluding hydrogens is 249 g/mol. The highest BCUT2D eigenvalue weighted by atomic mass is 35.5. The summed E-state index contributed by atoms with van der Waals surface area (Å²) in [5, 5.41) is 3.84. The average molecular weight is 262 g/mol. The zero-order valence-corrected chi connectivity index (χ0v) is 10.4. The van der Waals surface area contributed by atoms with Crippen LogP contribution >= 0.6 is 24.0 Å². The van der Waals surface area contributed by atoms with Crippen LogP contribution in [0.25, 0.3) is 0 Å². The Labute approximate surface area is 106 Å². The van der Waals surface area contributed by atoms with E-state index in [4.69, 9.17) is 16.3 Å². The molecule has 1 aliphatic rings. The van der Waals surface area contributed by atoms with Gasteiger partial charge in [0.1, 0.15) is 6.04 Å². The van der Waals surface area contributed by atoms with Crippen LogP contribution in [0.1, 0.15) is 11.1 Å². The molecule has 0 saturated heterocycles. The number of carbonyl (C=O) groups excluding carboxylic acids is 1. The first-order valence-corrected chi connectivity index (χ1v) is 5.17. The van der Waals surface area contributed by atoms with E-state index in [-0.39, 0.29) is 24.4 Å². The van der Waals surface area contributed by atoms with Gasteiger partial charge in [0.2, 0.25) is 0 Å². The van der Waals surface area contributed by atoms with Crippen molar-refractivity contribution >= 4 is 30.0 Å². The summed E-state index contributed by atoms with van der Waals surface area (Å²) in [6, 6.07) is 5.51. The number of methoxy groups -OCH3 is 1. The molecule has 0 amide bonds. The van der Waals surface area contributed by atoms with E-state index in [1.165, 1.54) is 7.11 Å². The van der Waals surface area contributed by atoms with Crippen molar-refractivity contribution < 1.29 is 9.53 Å². The monoisotopic (exact) mass is 261 g/mol. The quantitative estimate of drug-likeness (QED) is 0.786. The lowest BCUT2D eigenvalue weighted by Gasteiger charge is -2.24. The Morgan fingerprint density at radius 3 is 3.00 bits per heavy atom. The number of ether oxygens (including phenoxy) is 1. The minimum atomic E-state index is -0.276. The summed E-state index contributed by atoms with van der Waals surface area (Å²) in [5.74, 6) is -0.236. The molecule has 5 heteroatoms. The first-order chi connectivity index (χ1) is 7.22. The highest BCUT2D eigenvalue weighted by Gasteiger charge is 2.25. The van der Waals surface area contributed by atoms with Crippen molar-refractivity contribution in [3.05, 3.63) is 34.3 Å². The molecule has 16 heavy (non-hydrogen) atoms. The average Bonchev–Trinajstić information content (AvgIpc) is 2.28. The maximum atomic E-state index is 11.4. The van der Waals surface area contributed by atoms with Crippen LogP contribution in [0.2, 0.25) is 5.02 Å². The van der Waals surface area contributed by atoms with Crippen molar-refractivity contribution in [2.24, 2.45) is 0 Å². The SMILES string of the molecule is COC(=O)[C@H]1Cc2c(Cl)cccc2CN1.Cl. The first-order valence-electron chi connectivity index (χ1n) is 4.80. The van der Waals surface area contributed by atoms with Crippen LogP contribution in [0, 0.1) is 0 Å². The Morgan fingerprint density at radius 2 is 2.31 bits per heavy atom. The summed E-state index contributed by atoms with van der Waals surface area (Å²) in [6.07, 6.45) is 0.599. The molecule has 1 aliphatic heterocycles. The predicted octanol–water partition coefficient (Wildman–Crippen LogP) is 1.95. The number of rotatable bonds is 1. The van der Waals surface area contributed by atoms with Gasteiger partial charge in [-0.2, -0.15) is 0 Å². The fourth-order valence-corrected chi connectivity index (χ4v) is 2.09. The topological polar surface area (TPSA) is 38.3 Å². The van der Waals surface area contributed by atoms with Gasteiger partial charge in [-0.1, -0.05) is 23.7 Å². The van der Waals surface area contributed by atoms with E-state index >= 15 is 0 Å². The van der Waals surface area contributed by atoms with Crippen molar-refractivity contribution in [1.29, 1.82) is 0 Å². The van der Waals surface area contributed by atoms with Gasteiger partial charge in [-0.15, -0.1) is 12.4 Å². The van der Waals surface area contributed by atoms with Crippen LogP contribution in [0.15, 0.2) is 18.2 Å². The van der Waals surface area contributed by atoms with Gasteiger partial charge >= 0.3 is 5.97 Å². The Kier molecular flexibility index (Phi) is 4.59. The smallest absolute Gasteiger partial charge is 0.323 e. The van der Waals surface area contributed by atoms with Crippen LogP contribution in [0.5, 0.6) is 0 Å². The van der Waals surface area contributed by atoms with Gasteiger partial charge in [0.25, 0.3) is 0 Å². The van der Waals surface area contributed by atoms with Crippen molar-refractivity contribution in [2.45, 2.75) is 19.0 Å². The van der Waals surface area contributed by atoms with E-state index in [0.717, 1.165) is 16.1 Å². The third-order valence-electron chi connectivity index (χ3n) is 2.65. The maximum absolute atomic E-state index is 11.4. The molecule has 1 aromatic carbocycles. The van der Waals surface area contributed by atoms with E-state index in [0.29, 0.717) is 13.0 Å². The maximum Gasteiger partial charge on any atom is 0.323 e. The van der Waals surface area contributed by atoms with Gasteiger partial charge < -0.3 is 10.1 Å². The third kappa shape index (κ3) is 2.48. The molecular formula is C11H13Cl2NO2. The second-order valence-corrected chi connectivity index (χ2v) is 3.95. The zero-order chi connectivity index (χ0) is 10.8. The molecule has 88 valence electrons. The Balaban J connectivity index is 0.00000128. The molecule has 1 aromatic rings. The molecule has 0 spiro atoms. The largest absolute Gasteiger partial charge is 0.468 e.